The van der Waals surface area contributed by atoms with E-state index >= 15 is 0 Å². The third-order valence-electron chi connectivity index (χ3n) is 2.61. The van der Waals surface area contributed by atoms with E-state index in [9.17, 15) is 18.0 Å². The predicted molar refractivity (Wildman–Crippen MR) is 80.3 cm³/mol. The maximum Gasteiger partial charge on any atom is 0.387 e. The second kappa shape index (κ2) is 9.94. The fraction of sp³-hybridized carbons (Fsp3) is 0.533. The quantitative estimate of drug-likeness (QED) is 0.678. The summed E-state index contributed by atoms with van der Waals surface area (Å²) >= 11 is 0. The number of nitrogens with one attached hydrogen (secondary N) is 2. The minimum atomic E-state index is -3.11. The highest BCUT2D eigenvalue weighted by atomic mass is 19.3. The molecule has 0 spiro atoms. The smallest absolute Gasteiger partial charge is 0.387 e. The van der Waals surface area contributed by atoms with Gasteiger partial charge in [-0.2, -0.15) is 8.78 Å². The van der Waals surface area contributed by atoms with E-state index in [1.165, 1.54) is 6.07 Å². The summed E-state index contributed by atoms with van der Waals surface area (Å²) in [6.07, 6.45) is 0.648. The molecule has 130 valence electrons. The van der Waals surface area contributed by atoms with E-state index in [1.54, 1.807) is 0 Å². The summed E-state index contributed by atoms with van der Waals surface area (Å²) in [6, 6.07) is 2.68. The molecule has 0 fully saturated rings. The average molecular weight is 334 g/mol. The van der Waals surface area contributed by atoms with Crippen molar-refractivity contribution < 1.29 is 27.4 Å². The zero-order valence-corrected chi connectivity index (χ0v) is 13.1. The highest BCUT2D eigenvalue weighted by Crippen LogP contribution is 2.22. The molecule has 0 radical (unpaired) electrons. The van der Waals surface area contributed by atoms with Crippen LogP contribution in [0.1, 0.15) is 20.3 Å². The molecule has 0 saturated carbocycles. The molecule has 0 unspecified atom stereocenters. The molecule has 0 aliphatic rings. The van der Waals surface area contributed by atoms with Crippen LogP contribution in [-0.2, 0) is 4.74 Å². The van der Waals surface area contributed by atoms with Gasteiger partial charge in [0.2, 0.25) is 0 Å². The molecule has 5 nitrogen and oxygen atoms in total. The molecule has 0 aliphatic heterocycles. The first-order chi connectivity index (χ1) is 10.9. The van der Waals surface area contributed by atoms with Crippen molar-refractivity contribution in [1.82, 2.24) is 5.32 Å². The van der Waals surface area contributed by atoms with Crippen LogP contribution < -0.4 is 15.4 Å². The van der Waals surface area contributed by atoms with Crippen molar-refractivity contribution in [2.75, 3.05) is 25.1 Å². The second-order valence-electron chi connectivity index (χ2n) is 5.23. The molecule has 1 rings (SSSR count). The van der Waals surface area contributed by atoms with Gasteiger partial charge in [-0.05, 0) is 24.5 Å². The predicted octanol–water partition coefficient (Wildman–Crippen LogP) is 3.61. The maximum absolute atomic E-state index is 13.5. The Bertz CT molecular complexity index is 499. The number of carbonyl (C=O) groups is 1. The van der Waals surface area contributed by atoms with E-state index < -0.39 is 24.2 Å². The average Bonchev–Trinajstić information content (AvgIpc) is 2.45. The normalized spacial score (nSPS) is 10.9. The fourth-order valence-electron chi connectivity index (χ4n) is 1.64. The summed E-state index contributed by atoms with van der Waals surface area (Å²) in [5.41, 5.74) is 0.137. The van der Waals surface area contributed by atoms with Crippen LogP contribution >= 0.6 is 0 Å². The van der Waals surface area contributed by atoms with Gasteiger partial charge < -0.3 is 20.1 Å². The lowest BCUT2D eigenvalue weighted by Crippen LogP contribution is -2.30. The summed E-state index contributed by atoms with van der Waals surface area (Å²) in [5.74, 6) is -1.10. The van der Waals surface area contributed by atoms with Crippen LogP contribution in [0, 0.1) is 11.7 Å². The molecule has 2 amide bonds. The first-order valence-corrected chi connectivity index (χ1v) is 7.25. The number of urea groups is 1. The van der Waals surface area contributed by atoms with Crippen molar-refractivity contribution in [3.63, 3.8) is 0 Å². The molecule has 23 heavy (non-hydrogen) atoms. The van der Waals surface area contributed by atoms with Gasteiger partial charge >= 0.3 is 12.6 Å². The summed E-state index contributed by atoms with van der Waals surface area (Å²) in [6.45, 7) is 2.58. The lowest BCUT2D eigenvalue weighted by molar-refractivity contribution is -0.0521. The van der Waals surface area contributed by atoms with Gasteiger partial charge in [-0.3, -0.25) is 0 Å². The summed E-state index contributed by atoms with van der Waals surface area (Å²) in [4.78, 5) is 11.6. The largest absolute Gasteiger partial charge is 0.432 e. The molecule has 0 bridgehead atoms. The molecule has 1 aromatic carbocycles. The van der Waals surface area contributed by atoms with Crippen LogP contribution in [0.25, 0.3) is 0 Å². The van der Waals surface area contributed by atoms with E-state index in [0.717, 1.165) is 12.1 Å². The zero-order valence-electron chi connectivity index (χ0n) is 13.1. The molecule has 8 heteroatoms. The van der Waals surface area contributed by atoms with Gasteiger partial charge in [0.25, 0.3) is 0 Å². The summed E-state index contributed by atoms with van der Waals surface area (Å²) in [7, 11) is 0. The van der Waals surface area contributed by atoms with Crippen molar-refractivity contribution in [2.45, 2.75) is 26.9 Å². The molecular weight excluding hydrogens is 313 g/mol. The van der Waals surface area contributed by atoms with Gasteiger partial charge in [-0.15, -0.1) is 0 Å². The van der Waals surface area contributed by atoms with Crippen molar-refractivity contribution in [2.24, 2.45) is 5.92 Å². The zero-order chi connectivity index (χ0) is 17.2. The molecule has 1 aromatic rings. The Hall–Kier alpha value is -1.96. The lowest BCUT2D eigenvalue weighted by Gasteiger charge is -2.10. The molecule has 0 aromatic heterocycles. The van der Waals surface area contributed by atoms with Gasteiger partial charge in [0.15, 0.2) is 11.6 Å². The van der Waals surface area contributed by atoms with Crippen LogP contribution in [0.4, 0.5) is 23.7 Å². The molecule has 0 saturated heterocycles. The van der Waals surface area contributed by atoms with E-state index in [-0.39, 0.29) is 5.69 Å². The Morgan fingerprint density at radius 3 is 2.65 bits per heavy atom. The van der Waals surface area contributed by atoms with E-state index in [2.05, 4.69) is 15.4 Å². The van der Waals surface area contributed by atoms with Crippen molar-refractivity contribution in [3.05, 3.63) is 24.0 Å². The SMILES string of the molecule is CC(C)COCCCNC(=O)Nc1ccc(OC(F)F)c(F)c1. The third-order valence-corrected chi connectivity index (χ3v) is 2.61. The number of alkyl halides is 2. The van der Waals surface area contributed by atoms with Crippen molar-refractivity contribution in [1.29, 1.82) is 0 Å². The summed E-state index contributed by atoms with van der Waals surface area (Å²) < 4.78 is 46.8. The molecule has 0 aliphatic carbocycles. The van der Waals surface area contributed by atoms with Gasteiger partial charge in [-0.1, -0.05) is 13.8 Å². The minimum Gasteiger partial charge on any atom is -0.432 e. The molecule has 2 N–H and O–H groups in total. The number of carbonyl (C=O) groups excluding carboxylic acids is 1. The van der Waals surface area contributed by atoms with Crippen LogP contribution in [-0.4, -0.2) is 32.4 Å². The number of amides is 2. The Morgan fingerprint density at radius 1 is 1.30 bits per heavy atom. The third kappa shape index (κ3) is 8.29. The number of benzene rings is 1. The monoisotopic (exact) mass is 334 g/mol. The number of anilines is 1. The van der Waals surface area contributed by atoms with Crippen LogP contribution in [0.3, 0.4) is 0 Å². The highest BCUT2D eigenvalue weighted by Gasteiger charge is 2.11. The first-order valence-electron chi connectivity index (χ1n) is 7.25. The van der Waals surface area contributed by atoms with Crippen LogP contribution in [0.15, 0.2) is 18.2 Å². The molecular formula is C15H21F3N2O3. The standard InChI is InChI=1S/C15H21F3N2O3/c1-10(2)9-22-7-3-6-19-15(21)20-11-4-5-13(12(16)8-11)23-14(17)18/h4-5,8,10,14H,3,6-7,9H2,1-2H3,(H2,19,20,21). The van der Waals surface area contributed by atoms with E-state index in [0.29, 0.717) is 32.1 Å². The highest BCUT2D eigenvalue weighted by molar-refractivity contribution is 5.89. The van der Waals surface area contributed by atoms with Gasteiger partial charge in [-0.25, -0.2) is 9.18 Å². The van der Waals surface area contributed by atoms with Gasteiger partial charge in [0.1, 0.15) is 0 Å². The molecule has 0 atom stereocenters. The lowest BCUT2D eigenvalue weighted by atomic mass is 10.2. The van der Waals surface area contributed by atoms with Gasteiger partial charge in [0.05, 0.1) is 0 Å². The Balaban J connectivity index is 2.30. The second-order valence-corrected chi connectivity index (χ2v) is 5.23. The van der Waals surface area contributed by atoms with E-state index in [1.807, 2.05) is 13.8 Å². The summed E-state index contributed by atoms with van der Waals surface area (Å²) in [5, 5.41) is 4.98. The van der Waals surface area contributed by atoms with Crippen molar-refractivity contribution >= 4 is 11.7 Å². The number of hydrogen-bond acceptors (Lipinski definition) is 3. The number of rotatable bonds is 9. The Morgan fingerprint density at radius 2 is 2.04 bits per heavy atom. The van der Waals surface area contributed by atoms with Crippen LogP contribution in [0.2, 0.25) is 0 Å². The van der Waals surface area contributed by atoms with Crippen molar-refractivity contribution in [3.8, 4) is 5.75 Å². The molecule has 0 heterocycles. The van der Waals surface area contributed by atoms with E-state index in [4.69, 9.17) is 4.74 Å². The number of hydrogen-bond donors (Lipinski definition) is 2. The topological polar surface area (TPSA) is 59.6 Å². The first kappa shape index (κ1) is 19.1. The Labute approximate surface area is 133 Å². The number of ether oxygens (including phenoxy) is 2. The minimum absolute atomic E-state index is 0.137. The fourth-order valence-corrected chi connectivity index (χ4v) is 1.64. The number of halogens is 3. The van der Waals surface area contributed by atoms with Crippen LogP contribution in [0.5, 0.6) is 5.75 Å². The maximum atomic E-state index is 13.5. The Kier molecular flexibility index (Phi) is 8.25. The van der Waals surface area contributed by atoms with Gasteiger partial charge in [0, 0.05) is 31.5 Å².